The maximum absolute atomic E-state index is 11.9. The number of carbonyl (C=O) groups excluding carboxylic acids is 1. The largest absolute Gasteiger partial charge is 0.399 e. The van der Waals surface area contributed by atoms with Crippen molar-refractivity contribution in [2.75, 3.05) is 5.73 Å². The van der Waals surface area contributed by atoms with Crippen molar-refractivity contribution in [2.45, 2.75) is 38.5 Å². The van der Waals surface area contributed by atoms with E-state index in [1.165, 1.54) is 18.4 Å². The van der Waals surface area contributed by atoms with Gasteiger partial charge in [-0.15, -0.1) is 0 Å². The maximum atomic E-state index is 11.9. The molecule has 0 aliphatic heterocycles. The number of allylic oxidation sites excluding steroid dienone is 2. The number of rotatable bonds is 4. The van der Waals surface area contributed by atoms with Crippen molar-refractivity contribution < 1.29 is 4.79 Å². The van der Waals surface area contributed by atoms with E-state index in [2.05, 4.69) is 6.08 Å². The van der Waals surface area contributed by atoms with Crippen molar-refractivity contribution in [2.24, 2.45) is 0 Å². The molecular formula is C15H19NO. The third kappa shape index (κ3) is 3.45. The number of nitrogens with two attached hydrogens (primary N) is 1. The molecule has 0 aromatic heterocycles. The van der Waals surface area contributed by atoms with E-state index in [0.717, 1.165) is 30.5 Å². The molecule has 0 saturated heterocycles. The topological polar surface area (TPSA) is 43.1 Å². The van der Waals surface area contributed by atoms with Gasteiger partial charge in [-0.1, -0.05) is 18.2 Å². The summed E-state index contributed by atoms with van der Waals surface area (Å²) in [7, 11) is 0. The highest BCUT2D eigenvalue weighted by molar-refractivity contribution is 5.95. The van der Waals surface area contributed by atoms with E-state index >= 15 is 0 Å². The van der Waals surface area contributed by atoms with Gasteiger partial charge in [0.05, 0.1) is 0 Å². The van der Waals surface area contributed by atoms with E-state index < -0.39 is 0 Å². The number of anilines is 1. The Balaban J connectivity index is 1.87. The number of Topliss-reactive ketones (excluding diaryl/α,β-unsaturated/α-hetero) is 1. The molecule has 1 aliphatic carbocycles. The fourth-order valence-electron chi connectivity index (χ4n) is 2.19. The molecule has 17 heavy (non-hydrogen) atoms. The van der Waals surface area contributed by atoms with E-state index in [-0.39, 0.29) is 0 Å². The van der Waals surface area contributed by atoms with Crippen LogP contribution in [0.2, 0.25) is 0 Å². The van der Waals surface area contributed by atoms with Crippen molar-refractivity contribution in [1.29, 1.82) is 0 Å². The lowest BCUT2D eigenvalue weighted by Gasteiger charge is -2.11. The van der Waals surface area contributed by atoms with Crippen LogP contribution in [-0.4, -0.2) is 5.78 Å². The average Bonchev–Trinajstić information content (AvgIpc) is 2.39. The first kappa shape index (κ1) is 11.9. The third-order valence-corrected chi connectivity index (χ3v) is 3.27. The van der Waals surface area contributed by atoms with Gasteiger partial charge in [0.25, 0.3) is 0 Å². The minimum atomic E-state index is 0.321. The second-order valence-corrected chi connectivity index (χ2v) is 4.64. The number of nitrogen functional groups attached to an aromatic ring is 1. The molecule has 2 heteroatoms. The number of ketones is 1. The number of hydrogen-bond donors (Lipinski definition) is 1. The van der Waals surface area contributed by atoms with Gasteiger partial charge in [-0.3, -0.25) is 4.79 Å². The van der Waals surface area contributed by atoms with E-state index in [1.54, 1.807) is 0 Å². The first-order valence-corrected chi connectivity index (χ1v) is 6.32. The highest BCUT2D eigenvalue weighted by atomic mass is 16.1. The quantitative estimate of drug-likeness (QED) is 0.805. The van der Waals surface area contributed by atoms with E-state index in [0.29, 0.717) is 12.2 Å². The van der Waals surface area contributed by atoms with Gasteiger partial charge in [0.15, 0.2) is 5.78 Å². The Hall–Kier alpha value is -1.57. The summed E-state index contributed by atoms with van der Waals surface area (Å²) in [4.78, 5) is 11.9. The molecule has 2 rings (SSSR count). The normalized spacial score (nSPS) is 15.4. The van der Waals surface area contributed by atoms with Gasteiger partial charge in [-0.05, 0) is 55.4 Å². The van der Waals surface area contributed by atoms with Crippen LogP contribution in [0, 0.1) is 0 Å². The van der Waals surface area contributed by atoms with Gasteiger partial charge in [0, 0.05) is 12.1 Å². The minimum Gasteiger partial charge on any atom is -0.399 e. The molecular weight excluding hydrogens is 210 g/mol. The Kier molecular flexibility index (Phi) is 3.97. The molecule has 2 nitrogen and oxygen atoms in total. The molecule has 0 radical (unpaired) electrons. The Morgan fingerprint density at radius 2 is 1.94 bits per heavy atom. The Morgan fingerprint density at radius 1 is 1.18 bits per heavy atom. The standard InChI is InChI=1S/C15H19NO/c16-14-9-6-12(7-10-14)8-11-15(17)13-4-2-1-3-5-13/h4,6-7,9-10H,1-3,5,8,11,16H2. The summed E-state index contributed by atoms with van der Waals surface area (Å²) >= 11 is 0. The monoisotopic (exact) mass is 229 g/mol. The van der Waals surface area contributed by atoms with Crippen LogP contribution in [0.25, 0.3) is 0 Å². The van der Waals surface area contributed by atoms with Gasteiger partial charge < -0.3 is 5.73 Å². The second-order valence-electron chi connectivity index (χ2n) is 4.64. The molecule has 0 atom stereocenters. The van der Waals surface area contributed by atoms with Crippen molar-refractivity contribution in [3.8, 4) is 0 Å². The zero-order valence-electron chi connectivity index (χ0n) is 10.1. The molecule has 1 aliphatic rings. The zero-order valence-corrected chi connectivity index (χ0v) is 10.1. The summed E-state index contributed by atoms with van der Waals surface area (Å²) in [5.74, 6) is 0.321. The van der Waals surface area contributed by atoms with E-state index in [4.69, 9.17) is 5.73 Å². The van der Waals surface area contributed by atoms with Crippen LogP contribution >= 0.6 is 0 Å². The number of carbonyl (C=O) groups is 1. The number of aryl methyl sites for hydroxylation is 1. The van der Waals surface area contributed by atoms with Gasteiger partial charge in [-0.25, -0.2) is 0 Å². The van der Waals surface area contributed by atoms with Crippen molar-refractivity contribution in [3.05, 3.63) is 41.5 Å². The maximum Gasteiger partial charge on any atom is 0.158 e. The first-order chi connectivity index (χ1) is 8.25. The molecule has 0 bridgehead atoms. The van der Waals surface area contributed by atoms with E-state index in [9.17, 15) is 4.79 Å². The number of hydrogen-bond acceptors (Lipinski definition) is 2. The minimum absolute atomic E-state index is 0.321. The first-order valence-electron chi connectivity index (χ1n) is 6.32. The van der Waals surface area contributed by atoms with Crippen LogP contribution in [0.3, 0.4) is 0 Å². The number of benzene rings is 1. The second kappa shape index (κ2) is 5.67. The molecule has 0 spiro atoms. The molecule has 0 heterocycles. The average molecular weight is 229 g/mol. The molecule has 0 amide bonds. The molecule has 2 N–H and O–H groups in total. The Morgan fingerprint density at radius 3 is 2.59 bits per heavy atom. The predicted octanol–water partition coefficient (Wildman–Crippen LogP) is 3.27. The molecule has 1 aromatic carbocycles. The molecule has 0 unspecified atom stereocenters. The Bertz CT molecular complexity index is 417. The van der Waals surface area contributed by atoms with Gasteiger partial charge >= 0.3 is 0 Å². The lowest BCUT2D eigenvalue weighted by Crippen LogP contribution is -2.07. The Labute approximate surface area is 103 Å². The molecule has 0 saturated carbocycles. The fraction of sp³-hybridized carbons (Fsp3) is 0.400. The van der Waals surface area contributed by atoms with Crippen LogP contribution < -0.4 is 5.73 Å². The van der Waals surface area contributed by atoms with Crippen LogP contribution in [0.15, 0.2) is 35.9 Å². The van der Waals surface area contributed by atoms with E-state index in [1.807, 2.05) is 24.3 Å². The highest BCUT2D eigenvalue weighted by Crippen LogP contribution is 2.20. The summed E-state index contributed by atoms with van der Waals surface area (Å²) in [5, 5.41) is 0. The fourth-order valence-corrected chi connectivity index (χ4v) is 2.19. The highest BCUT2D eigenvalue weighted by Gasteiger charge is 2.11. The van der Waals surface area contributed by atoms with Gasteiger partial charge in [0.2, 0.25) is 0 Å². The summed E-state index contributed by atoms with van der Waals surface area (Å²) in [6.07, 6.45) is 8.00. The zero-order chi connectivity index (χ0) is 12.1. The van der Waals surface area contributed by atoms with Crippen molar-refractivity contribution >= 4 is 11.5 Å². The summed E-state index contributed by atoms with van der Waals surface area (Å²) < 4.78 is 0. The predicted molar refractivity (Wildman–Crippen MR) is 70.7 cm³/mol. The lowest BCUT2D eigenvalue weighted by atomic mass is 9.93. The molecule has 90 valence electrons. The van der Waals surface area contributed by atoms with Crippen molar-refractivity contribution in [1.82, 2.24) is 0 Å². The molecule has 1 aromatic rings. The summed E-state index contributed by atoms with van der Waals surface area (Å²) in [6, 6.07) is 7.77. The van der Waals surface area contributed by atoms with Crippen LogP contribution in [0.4, 0.5) is 5.69 Å². The van der Waals surface area contributed by atoms with Crippen LogP contribution in [0.5, 0.6) is 0 Å². The van der Waals surface area contributed by atoms with Crippen LogP contribution in [-0.2, 0) is 11.2 Å². The summed E-state index contributed by atoms with van der Waals surface area (Å²) in [6.45, 7) is 0. The molecule has 0 fully saturated rings. The van der Waals surface area contributed by atoms with Crippen molar-refractivity contribution in [3.63, 3.8) is 0 Å². The summed E-state index contributed by atoms with van der Waals surface area (Å²) in [5.41, 5.74) is 8.63. The van der Waals surface area contributed by atoms with Crippen LogP contribution in [0.1, 0.15) is 37.7 Å². The van der Waals surface area contributed by atoms with Gasteiger partial charge in [-0.2, -0.15) is 0 Å². The third-order valence-electron chi connectivity index (χ3n) is 3.27. The lowest BCUT2D eigenvalue weighted by molar-refractivity contribution is -0.115. The SMILES string of the molecule is Nc1ccc(CCC(=O)C2=CCCCC2)cc1. The smallest absolute Gasteiger partial charge is 0.158 e. The van der Waals surface area contributed by atoms with Gasteiger partial charge in [0.1, 0.15) is 0 Å².